The summed E-state index contributed by atoms with van der Waals surface area (Å²) in [4.78, 5) is 36.2. The summed E-state index contributed by atoms with van der Waals surface area (Å²) < 4.78 is 0. The molecular weight excluding hydrogens is 372 g/mol. The number of carboxylic acid groups (broad SMARTS) is 1. The van der Waals surface area contributed by atoms with Crippen molar-refractivity contribution in [3.05, 3.63) is 35.9 Å². The Morgan fingerprint density at radius 1 is 1.04 bits per heavy atom. The highest BCUT2D eigenvalue weighted by atomic mass is 32.1. The summed E-state index contributed by atoms with van der Waals surface area (Å²) in [5.74, 6) is -1.68. The average Bonchev–Trinajstić information content (AvgIpc) is 2.60. The Morgan fingerprint density at radius 2 is 1.62 bits per heavy atom. The van der Waals surface area contributed by atoms with Gasteiger partial charge in [0, 0.05) is 12.2 Å². The van der Waals surface area contributed by atoms with E-state index in [9.17, 15) is 19.5 Å². The van der Waals surface area contributed by atoms with Crippen molar-refractivity contribution in [2.24, 2.45) is 5.92 Å². The fraction of sp³-hybridized carbons (Fsp3) is 0.500. The molecule has 0 bridgehead atoms. The Labute approximate surface area is 164 Å². The Balaban J connectivity index is 2.83. The smallest absolute Gasteiger partial charge is 0.326 e. The number of carboxylic acids is 1. The van der Waals surface area contributed by atoms with Gasteiger partial charge in [-0.25, -0.2) is 4.79 Å². The van der Waals surface area contributed by atoms with Crippen molar-refractivity contribution in [2.75, 3.05) is 5.75 Å². The number of carbonyl (C=O) groups is 3. The van der Waals surface area contributed by atoms with E-state index < -0.39 is 35.1 Å². The minimum atomic E-state index is -1.13. The molecule has 1 rings (SSSR count). The van der Waals surface area contributed by atoms with Gasteiger partial charge in [0.2, 0.25) is 11.8 Å². The molecule has 3 N–H and O–H groups in total. The normalized spacial score (nSPS) is 14.3. The van der Waals surface area contributed by atoms with E-state index in [1.54, 1.807) is 12.1 Å². The third-order valence-electron chi connectivity index (χ3n) is 3.71. The van der Waals surface area contributed by atoms with Crippen molar-refractivity contribution in [1.29, 1.82) is 0 Å². The number of hydrogen-bond donors (Lipinski definition) is 5. The second kappa shape index (κ2) is 11.1. The van der Waals surface area contributed by atoms with Gasteiger partial charge in [-0.05, 0) is 17.9 Å². The van der Waals surface area contributed by atoms with E-state index >= 15 is 0 Å². The quantitative estimate of drug-likeness (QED) is 0.387. The van der Waals surface area contributed by atoms with Crippen molar-refractivity contribution in [3.63, 3.8) is 0 Å². The van der Waals surface area contributed by atoms with Gasteiger partial charge in [-0.2, -0.15) is 25.3 Å². The van der Waals surface area contributed by atoms with Gasteiger partial charge in [0.15, 0.2) is 0 Å². The molecule has 0 fully saturated rings. The van der Waals surface area contributed by atoms with Crippen LogP contribution >= 0.6 is 25.3 Å². The molecule has 1 unspecified atom stereocenters. The molecule has 0 aromatic heterocycles. The van der Waals surface area contributed by atoms with Crippen molar-refractivity contribution >= 4 is 43.0 Å². The van der Waals surface area contributed by atoms with E-state index in [2.05, 4.69) is 35.9 Å². The summed E-state index contributed by atoms with van der Waals surface area (Å²) in [5, 5.41) is 14.0. The Hall–Kier alpha value is -1.67. The highest BCUT2D eigenvalue weighted by molar-refractivity contribution is 7.85. The Kier molecular flexibility index (Phi) is 9.58. The summed E-state index contributed by atoms with van der Waals surface area (Å²) in [7, 11) is 0. The lowest BCUT2D eigenvalue weighted by Crippen LogP contribution is -2.53. The first kappa shape index (κ1) is 22.4. The van der Waals surface area contributed by atoms with Gasteiger partial charge in [0.1, 0.15) is 12.1 Å². The molecule has 0 aliphatic heterocycles. The van der Waals surface area contributed by atoms with Crippen LogP contribution in [-0.2, 0) is 20.8 Å². The topological polar surface area (TPSA) is 95.5 Å². The summed E-state index contributed by atoms with van der Waals surface area (Å²) in [6, 6.07) is 7.15. The zero-order valence-electron chi connectivity index (χ0n) is 14.9. The molecular formula is C18H26N2O4S2. The summed E-state index contributed by atoms with van der Waals surface area (Å²) in [6.07, 6.45) is 0.554. The van der Waals surface area contributed by atoms with Crippen LogP contribution in [0.1, 0.15) is 25.8 Å². The molecule has 8 heteroatoms. The first-order valence-electron chi connectivity index (χ1n) is 8.41. The second-order valence-corrected chi connectivity index (χ2v) is 7.47. The zero-order chi connectivity index (χ0) is 19.7. The maximum absolute atomic E-state index is 12.6. The van der Waals surface area contributed by atoms with Crippen LogP contribution in [0.25, 0.3) is 0 Å². The van der Waals surface area contributed by atoms with Crippen molar-refractivity contribution in [1.82, 2.24) is 10.6 Å². The van der Waals surface area contributed by atoms with Crippen LogP contribution in [0.15, 0.2) is 30.3 Å². The molecule has 0 spiro atoms. The molecule has 0 heterocycles. The summed E-state index contributed by atoms with van der Waals surface area (Å²) in [5.41, 5.74) is 0.801. The molecule has 3 atom stereocenters. The Morgan fingerprint density at radius 3 is 2.12 bits per heavy atom. The van der Waals surface area contributed by atoms with E-state index in [1.165, 1.54) is 0 Å². The monoisotopic (exact) mass is 398 g/mol. The van der Waals surface area contributed by atoms with Gasteiger partial charge in [0.05, 0.1) is 5.25 Å². The second-order valence-electron chi connectivity index (χ2n) is 6.48. The number of amides is 2. The van der Waals surface area contributed by atoms with Crippen LogP contribution in [0, 0.1) is 5.92 Å². The number of thiol groups is 2. The minimum absolute atomic E-state index is 0.137. The van der Waals surface area contributed by atoms with Gasteiger partial charge < -0.3 is 15.7 Å². The van der Waals surface area contributed by atoms with E-state index in [0.29, 0.717) is 6.42 Å². The van der Waals surface area contributed by atoms with Gasteiger partial charge in [-0.15, -0.1) is 0 Å². The van der Waals surface area contributed by atoms with E-state index in [-0.39, 0.29) is 18.1 Å². The van der Waals surface area contributed by atoms with E-state index in [0.717, 1.165) is 5.56 Å². The highest BCUT2D eigenvalue weighted by Crippen LogP contribution is 2.09. The van der Waals surface area contributed by atoms with Crippen LogP contribution in [0.2, 0.25) is 0 Å². The number of hydrogen-bond acceptors (Lipinski definition) is 5. The molecule has 2 amide bonds. The predicted molar refractivity (Wildman–Crippen MR) is 108 cm³/mol. The number of nitrogens with one attached hydrogen (secondary N) is 2. The highest BCUT2D eigenvalue weighted by Gasteiger charge is 2.28. The van der Waals surface area contributed by atoms with Gasteiger partial charge in [-0.1, -0.05) is 44.2 Å². The van der Waals surface area contributed by atoms with Crippen LogP contribution < -0.4 is 10.6 Å². The number of rotatable bonds is 10. The third kappa shape index (κ3) is 7.70. The lowest BCUT2D eigenvalue weighted by atomic mass is 10.0. The molecule has 0 aliphatic rings. The minimum Gasteiger partial charge on any atom is -0.480 e. The fourth-order valence-electron chi connectivity index (χ4n) is 2.38. The molecule has 1 aromatic rings. The molecule has 144 valence electrons. The first-order chi connectivity index (χ1) is 12.2. The molecule has 0 aliphatic carbocycles. The van der Waals surface area contributed by atoms with Gasteiger partial charge in [0.25, 0.3) is 0 Å². The fourth-order valence-corrected chi connectivity index (χ4v) is 2.62. The third-order valence-corrected chi connectivity index (χ3v) is 4.78. The van der Waals surface area contributed by atoms with Crippen molar-refractivity contribution in [3.8, 4) is 0 Å². The summed E-state index contributed by atoms with van der Waals surface area (Å²) >= 11 is 8.13. The molecule has 0 saturated carbocycles. The van der Waals surface area contributed by atoms with Crippen molar-refractivity contribution < 1.29 is 19.5 Å². The number of aliphatic carboxylic acids is 1. The van der Waals surface area contributed by atoms with Crippen LogP contribution in [0.4, 0.5) is 0 Å². The SMILES string of the molecule is CC(C)C[C@H](NC(=O)C(S)CS)C(=O)N[C@@H](Cc1ccccc1)C(=O)O. The maximum Gasteiger partial charge on any atom is 0.326 e. The number of benzene rings is 1. The van der Waals surface area contributed by atoms with Gasteiger partial charge in [-0.3, -0.25) is 9.59 Å². The largest absolute Gasteiger partial charge is 0.480 e. The Bertz CT molecular complexity index is 610. The maximum atomic E-state index is 12.6. The standard InChI is InChI=1S/C18H26N2O4S2/c1-11(2)8-13(19-17(22)15(26)10-25)16(21)20-14(18(23)24)9-12-6-4-3-5-7-12/h3-7,11,13-15,25-26H,8-10H2,1-2H3,(H,19,22)(H,20,21)(H,23,24)/t13-,14-,15?/m0/s1. The van der Waals surface area contributed by atoms with E-state index in [1.807, 2.05) is 32.0 Å². The zero-order valence-corrected chi connectivity index (χ0v) is 16.7. The number of carbonyl (C=O) groups excluding carboxylic acids is 2. The van der Waals surface area contributed by atoms with Gasteiger partial charge >= 0.3 is 5.97 Å². The van der Waals surface area contributed by atoms with Crippen LogP contribution in [0.3, 0.4) is 0 Å². The lowest BCUT2D eigenvalue weighted by molar-refractivity contribution is -0.142. The molecule has 6 nitrogen and oxygen atoms in total. The van der Waals surface area contributed by atoms with Crippen molar-refractivity contribution in [2.45, 2.75) is 44.0 Å². The molecule has 26 heavy (non-hydrogen) atoms. The predicted octanol–water partition coefficient (Wildman–Crippen LogP) is 1.56. The molecule has 0 saturated heterocycles. The van der Waals surface area contributed by atoms with E-state index in [4.69, 9.17) is 0 Å². The van der Waals surface area contributed by atoms with Crippen LogP contribution in [0.5, 0.6) is 0 Å². The first-order valence-corrected chi connectivity index (χ1v) is 9.55. The molecule has 1 aromatic carbocycles. The lowest BCUT2D eigenvalue weighted by Gasteiger charge is -2.23. The summed E-state index contributed by atoms with van der Waals surface area (Å²) in [6.45, 7) is 3.84. The molecule has 0 radical (unpaired) electrons. The average molecular weight is 399 g/mol. The van der Waals surface area contributed by atoms with Crippen LogP contribution in [-0.4, -0.2) is 46.0 Å².